The second-order valence-corrected chi connectivity index (χ2v) is 5.10. The van der Waals surface area contributed by atoms with E-state index in [1.165, 1.54) is 0 Å². The van der Waals surface area contributed by atoms with Crippen molar-refractivity contribution < 1.29 is 9.53 Å². The molecule has 0 radical (unpaired) electrons. The largest absolute Gasteiger partial charge is 0.495 e. The minimum absolute atomic E-state index is 0.254. The fourth-order valence-corrected chi connectivity index (χ4v) is 1.98. The van der Waals surface area contributed by atoms with E-state index in [1.54, 1.807) is 19.2 Å². The normalized spacial score (nSPS) is 9.48. The van der Waals surface area contributed by atoms with Gasteiger partial charge >= 0.3 is 6.03 Å². The van der Waals surface area contributed by atoms with Crippen LogP contribution in [0.5, 0.6) is 5.75 Å². The van der Waals surface area contributed by atoms with Gasteiger partial charge in [0.1, 0.15) is 5.75 Å². The number of nitrogens with one attached hydrogen (secondary N) is 2. The molecular formula is C18H17ClN2O2. The average molecular weight is 329 g/mol. The highest BCUT2D eigenvalue weighted by atomic mass is 35.5. The topological polar surface area (TPSA) is 50.4 Å². The van der Waals surface area contributed by atoms with Crippen LogP contribution in [0.4, 0.5) is 4.79 Å². The minimum Gasteiger partial charge on any atom is -0.495 e. The van der Waals surface area contributed by atoms with Crippen molar-refractivity contribution in [2.75, 3.05) is 13.7 Å². The fourth-order valence-electron chi connectivity index (χ4n) is 1.86. The predicted molar refractivity (Wildman–Crippen MR) is 91.6 cm³/mol. The van der Waals surface area contributed by atoms with Crippen molar-refractivity contribution >= 4 is 17.6 Å². The summed E-state index contributed by atoms with van der Waals surface area (Å²) in [6.07, 6.45) is 0. The van der Waals surface area contributed by atoms with Crippen molar-refractivity contribution in [2.24, 2.45) is 0 Å². The molecule has 4 nitrogen and oxygen atoms in total. The van der Waals surface area contributed by atoms with E-state index < -0.39 is 0 Å². The number of halogens is 1. The van der Waals surface area contributed by atoms with Crippen LogP contribution < -0.4 is 15.4 Å². The van der Waals surface area contributed by atoms with Crippen LogP contribution >= 0.6 is 11.6 Å². The standard InChI is InChI=1S/C18H17ClN2O2/c1-23-17-7-3-2-5-15(17)6-4-12-20-18(22)21-13-14-8-10-16(19)11-9-14/h2-3,5,7-11H,12-13H2,1H3,(H2,20,21,22). The number of urea groups is 1. The summed E-state index contributed by atoms with van der Waals surface area (Å²) in [6.45, 7) is 0.688. The lowest BCUT2D eigenvalue weighted by molar-refractivity contribution is 0.241. The van der Waals surface area contributed by atoms with E-state index >= 15 is 0 Å². The van der Waals surface area contributed by atoms with Crippen LogP contribution in [0.1, 0.15) is 11.1 Å². The molecule has 0 heterocycles. The Hall–Kier alpha value is -2.64. The highest BCUT2D eigenvalue weighted by Gasteiger charge is 1.99. The Labute approximate surface area is 140 Å². The lowest BCUT2D eigenvalue weighted by Gasteiger charge is -2.05. The number of para-hydroxylation sites is 1. The summed E-state index contributed by atoms with van der Waals surface area (Å²) in [6, 6.07) is 14.5. The lowest BCUT2D eigenvalue weighted by atomic mass is 10.2. The molecule has 2 aromatic carbocycles. The zero-order valence-corrected chi connectivity index (χ0v) is 13.5. The molecule has 0 saturated heterocycles. The Morgan fingerprint density at radius 1 is 1.13 bits per heavy atom. The molecule has 0 atom stereocenters. The minimum atomic E-state index is -0.269. The van der Waals surface area contributed by atoms with Gasteiger partial charge in [-0.25, -0.2) is 4.79 Å². The highest BCUT2D eigenvalue weighted by molar-refractivity contribution is 6.30. The Kier molecular flexibility index (Phi) is 6.34. The molecule has 0 aliphatic carbocycles. The molecule has 2 amide bonds. The summed E-state index contributed by atoms with van der Waals surface area (Å²) in [4.78, 5) is 11.7. The SMILES string of the molecule is COc1ccccc1C#CCNC(=O)NCc1ccc(Cl)cc1. The summed E-state index contributed by atoms with van der Waals surface area (Å²) in [7, 11) is 1.60. The summed E-state index contributed by atoms with van der Waals surface area (Å²) < 4.78 is 5.21. The first-order valence-corrected chi connectivity index (χ1v) is 7.45. The van der Waals surface area contributed by atoms with Crippen LogP contribution in [0.3, 0.4) is 0 Å². The highest BCUT2D eigenvalue weighted by Crippen LogP contribution is 2.15. The average Bonchev–Trinajstić information content (AvgIpc) is 2.58. The van der Waals surface area contributed by atoms with Gasteiger partial charge in [-0.15, -0.1) is 0 Å². The fraction of sp³-hybridized carbons (Fsp3) is 0.167. The molecule has 23 heavy (non-hydrogen) atoms. The van der Waals surface area contributed by atoms with Crippen molar-refractivity contribution in [3.05, 3.63) is 64.7 Å². The maximum Gasteiger partial charge on any atom is 0.315 e. The molecule has 0 aliphatic rings. The number of hydrogen-bond acceptors (Lipinski definition) is 2. The number of rotatable bonds is 4. The summed E-state index contributed by atoms with van der Waals surface area (Å²) in [5, 5.41) is 6.11. The summed E-state index contributed by atoms with van der Waals surface area (Å²) in [5.41, 5.74) is 1.77. The van der Waals surface area contributed by atoms with Gasteiger partial charge in [0, 0.05) is 11.6 Å². The second-order valence-electron chi connectivity index (χ2n) is 4.66. The number of carbonyl (C=O) groups is 1. The van der Waals surface area contributed by atoms with Crippen LogP contribution in [0, 0.1) is 11.8 Å². The van der Waals surface area contributed by atoms with Crippen LogP contribution in [0.2, 0.25) is 5.02 Å². The van der Waals surface area contributed by atoms with Gasteiger partial charge in [-0.1, -0.05) is 47.7 Å². The Bertz CT molecular complexity index is 718. The first-order valence-electron chi connectivity index (χ1n) is 7.07. The summed E-state index contributed by atoms with van der Waals surface area (Å²) in [5.74, 6) is 6.58. The van der Waals surface area contributed by atoms with Gasteiger partial charge in [0.25, 0.3) is 0 Å². The molecule has 2 N–H and O–H groups in total. The van der Waals surface area contributed by atoms with Crippen molar-refractivity contribution in [3.8, 4) is 17.6 Å². The van der Waals surface area contributed by atoms with E-state index in [0.717, 1.165) is 11.1 Å². The van der Waals surface area contributed by atoms with Gasteiger partial charge in [-0.3, -0.25) is 0 Å². The third kappa shape index (κ3) is 5.57. The monoisotopic (exact) mass is 328 g/mol. The quantitative estimate of drug-likeness (QED) is 0.847. The molecule has 0 spiro atoms. The van der Waals surface area contributed by atoms with Crippen molar-refractivity contribution in [1.82, 2.24) is 10.6 Å². The molecule has 0 saturated carbocycles. The molecule has 118 valence electrons. The molecular weight excluding hydrogens is 312 g/mol. The van der Waals surface area contributed by atoms with Crippen LogP contribution in [0.15, 0.2) is 48.5 Å². The molecule has 5 heteroatoms. The van der Waals surface area contributed by atoms with Gasteiger partial charge in [0.2, 0.25) is 0 Å². The number of ether oxygens (including phenoxy) is 1. The predicted octanol–water partition coefficient (Wildman–Crippen LogP) is 3.20. The van der Waals surface area contributed by atoms with E-state index in [2.05, 4.69) is 22.5 Å². The van der Waals surface area contributed by atoms with Crippen molar-refractivity contribution in [2.45, 2.75) is 6.54 Å². The molecule has 0 aromatic heterocycles. The Morgan fingerprint density at radius 3 is 2.61 bits per heavy atom. The number of methoxy groups -OCH3 is 1. The van der Waals surface area contributed by atoms with Crippen LogP contribution in [-0.4, -0.2) is 19.7 Å². The molecule has 0 aliphatic heterocycles. The van der Waals surface area contributed by atoms with Gasteiger partial charge in [0.15, 0.2) is 0 Å². The Morgan fingerprint density at radius 2 is 1.87 bits per heavy atom. The zero-order valence-electron chi connectivity index (χ0n) is 12.7. The number of carbonyl (C=O) groups excluding carboxylic acids is 1. The van der Waals surface area contributed by atoms with E-state index in [4.69, 9.17) is 16.3 Å². The third-order valence-corrected chi connectivity index (χ3v) is 3.29. The van der Waals surface area contributed by atoms with Crippen molar-refractivity contribution in [3.63, 3.8) is 0 Å². The molecule has 0 unspecified atom stereocenters. The molecule has 0 bridgehead atoms. The van der Waals surface area contributed by atoms with Gasteiger partial charge < -0.3 is 15.4 Å². The first kappa shape index (κ1) is 16.7. The second kappa shape index (κ2) is 8.72. The lowest BCUT2D eigenvalue weighted by Crippen LogP contribution is -2.35. The van der Waals surface area contributed by atoms with E-state index in [1.807, 2.05) is 36.4 Å². The van der Waals surface area contributed by atoms with Gasteiger partial charge in [0.05, 0.1) is 19.2 Å². The number of hydrogen-bond donors (Lipinski definition) is 2. The van der Waals surface area contributed by atoms with Gasteiger partial charge in [-0.05, 0) is 29.8 Å². The molecule has 2 aromatic rings. The molecule has 0 fully saturated rings. The number of amides is 2. The Balaban J connectivity index is 1.77. The van der Waals surface area contributed by atoms with E-state index in [0.29, 0.717) is 17.3 Å². The maximum atomic E-state index is 11.7. The van der Waals surface area contributed by atoms with Crippen molar-refractivity contribution in [1.29, 1.82) is 0 Å². The number of benzene rings is 2. The molecule has 2 rings (SSSR count). The van der Waals surface area contributed by atoms with Gasteiger partial charge in [-0.2, -0.15) is 0 Å². The zero-order chi connectivity index (χ0) is 16.5. The smallest absolute Gasteiger partial charge is 0.315 e. The van der Waals surface area contributed by atoms with E-state index in [-0.39, 0.29) is 12.6 Å². The van der Waals surface area contributed by atoms with Crippen LogP contribution in [-0.2, 0) is 6.54 Å². The third-order valence-electron chi connectivity index (χ3n) is 3.03. The maximum absolute atomic E-state index is 11.7. The van der Waals surface area contributed by atoms with Crippen LogP contribution in [0.25, 0.3) is 0 Å². The van der Waals surface area contributed by atoms with E-state index in [9.17, 15) is 4.79 Å². The first-order chi connectivity index (χ1) is 11.2. The summed E-state index contributed by atoms with van der Waals surface area (Å²) >= 11 is 5.81.